The normalized spacial score (nSPS) is 10.6. The van der Waals surface area contributed by atoms with Crippen molar-refractivity contribution in [2.24, 2.45) is 0 Å². The summed E-state index contributed by atoms with van der Waals surface area (Å²) in [5, 5.41) is 22.6. The molecule has 0 aliphatic heterocycles. The Morgan fingerprint density at radius 1 is 1.44 bits per heavy atom. The molecule has 0 fully saturated rings. The van der Waals surface area contributed by atoms with Crippen LogP contribution in [0.2, 0.25) is 0 Å². The fraction of sp³-hybridized carbons (Fsp3) is 0.364. The van der Waals surface area contributed by atoms with E-state index in [1.165, 1.54) is 12.1 Å². The summed E-state index contributed by atoms with van der Waals surface area (Å²) in [6, 6.07) is 6.16. The van der Waals surface area contributed by atoms with Gasteiger partial charge in [-0.3, -0.25) is 10.1 Å². The van der Waals surface area contributed by atoms with Gasteiger partial charge in [-0.25, -0.2) is 0 Å². The summed E-state index contributed by atoms with van der Waals surface area (Å²) in [4.78, 5) is 10.0. The standard InChI is InChI=1S/C11H13N3O2/c1-11(2,3)13-10-5-4-9(14(15)16)6-8(10)7-12/h4-6,13H,1-3H3. The maximum atomic E-state index is 10.5. The number of anilines is 1. The van der Waals surface area contributed by atoms with E-state index in [1.54, 1.807) is 6.07 Å². The number of nitriles is 1. The van der Waals surface area contributed by atoms with Crippen molar-refractivity contribution < 1.29 is 4.92 Å². The van der Waals surface area contributed by atoms with Crippen LogP contribution >= 0.6 is 0 Å². The summed E-state index contributed by atoms with van der Waals surface area (Å²) >= 11 is 0. The molecule has 0 spiro atoms. The van der Waals surface area contributed by atoms with Gasteiger partial charge in [0.05, 0.1) is 16.2 Å². The number of hydrogen-bond acceptors (Lipinski definition) is 4. The molecule has 0 saturated heterocycles. The molecule has 1 aromatic rings. The predicted octanol–water partition coefficient (Wildman–Crippen LogP) is 2.68. The van der Waals surface area contributed by atoms with Crippen molar-refractivity contribution in [2.75, 3.05) is 5.32 Å². The number of nitro groups is 1. The lowest BCUT2D eigenvalue weighted by Gasteiger charge is -2.22. The largest absolute Gasteiger partial charge is 0.379 e. The highest BCUT2D eigenvalue weighted by atomic mass is 16.6. The number of nitrogens with one attached hydrogen (secondary N) is 1. The Morgan fingerprint density at radius 2 is 2.06 bits per heavy atom. The second-order valence-corrected chi connectivity index (χ2v) is 4.47. The van der Waals surface area contributed by atoms with Gasteiger partial charge in [-0.15, -0.1) is 0 Å². The topological polar surface area (TPSA) is 79.0 Å². The van der Waals surface area contributed by atoms with Crippen LogP contribution in [-0.2, 0) is 0 Å². The summed E-state index contributed by atoms with van der Waals surface area (Å²) in [7, 11) is 0. The van der Waals surface area contributed by atoms with E-state index in [1.807, 2.05) is 26.8 Å². The first-order valence-corrected chi connectivity index (χ1v) is 4.80. The van der Waals surface area contributed by atoms with Crippen LogP contribution in [0.25, 0.3) is 0 Å². The number of nitro benzene ring substituents is 1. The highest BCUT2D eigenvalue weighted by Crippen LogP contribution is 2.23. The minimum absolute atomic E-state index is 0.0731. The van der Waals surface area contributed by atoms with E-state index >= 15 is 0 Å². The average Bonchev–Trinajstić information content (AvgIpc) is 2.15. The summed E-state index contributed by atoms with van der Waals surface area (Å²) in [5.41, 5.74) is 0.627. The molecule has 0 aliphatic carbocycles. The molecule has 0 atom stereocenters. The number of hydrogen-bond donors (Lipinski definition) is 1. The summed E-state index contributed by atoms with van der Waals surface area (Å²) < 4.78 is 0. The van der Waals surface area contributed by atoms with E-state index in [0.29, 0.717) is 5.69 Å². The van der Waals surface area contributed by atoms with E-state index in [0.717, 1.165) is 0 Å². The zero-order valence-corrected chi connectivity index (χ0v) is 9.44. The van der Waals surface area contributed by atoms with E-state index in [4.69, 9.17) is 5.26 Å². The van der Waals surface area contributed by atoms with Crippen LogP contribution in [0.3, 0.4) is 0 Å². The number of nitrogens with zero attached hydrogens (tertiary/aromatic N) is 2. The van der Waals surface area contributed by atoms with Gasteiger partial charge in [0.15, 0.2) is 0 Å². The highest BCUT2D eigenvalue weighted by Gasteiger charge is 2.15. The fourth-order valence-corrected chi connectivity index (χ4v) is 1.25. The Hall–Kier alpha value is -2.09. The Morgan fingerprint density at radius 3 is 2.50 bits per heavy atom. The van der Waals surface area contributed by atoms with Gasteiger partial charge in [0.2, 0.25) is 0 Å². The van der Waals surface area contributed by atoms with Crippen LogP contribution in [0.1, 0.15) is 26.3 Å². The molecule has 1 aromatic carbocycles. The monoisotopic (exact) mass is 219 g/mol. The molecule has 0 heterocycles. The molecule has 16 heavy (non-hydrogen) atoms. The molecule has 84 valence electrons. The molecular weight excluding hydrogens is 206 g/mol. The first-order valence-electron chi connectivity index (χ1n) is 4.80. The van der Waals surface area contributed by atoms with Crippen molar-refractivity contribution in [2.45, 2.75) is 26.3 Å². The van der Waals surface area contributed by atoms with Crippen molar-refractivity contribution in [3.63, 3.8) is 0 Å². The molecule has 5 nitrogen and oxygen atoms in total. The van der Waals surface area contributed by atoms with Gasteiger partial charge in [-0.05, 0) is 26.8 Å². The molecular formula is C11H13N3O2. The van der Waals surface area contributed by atoms with Gasteiger partial charge >= 0.3 is 0 Å². The first kappa shape index (κ1) is 12.0. The van der Waals surface area contributed by atoms with Crippen molar-refractivity contribution in [1.29, 1.82) is 5.26 Å². The van der Waals surface area contributed by atoms with E-state index in [2.05, 4.69) is 5.32 Å². The van der Waals surface area contributed by atoms with Crippen molar-refractivity contribution in [3.8, 4) is 6.07 Å². The second-order valence-electron chi connectivity index (χ2n) is 4.47. The van der Waals surface area contributed by atoms with Crippen LogP contribution in [0, 0.1) is 21.4 Å². The van der Waals surface area contributed by atoms with Crippen molar-refractivity contribution >= 4 is 11.4 Å². The Kier molecular flexibility index (Phi) is 3.14. The van der Waals surface area contributed by atoms with Gasteiger partial charge in [0, 0.05) is 17.7 Å². The maximum Gasteiger partial charge on any atom is 0.270 e. The van der Waals surface area contributed by atoms with E-state index in [-0.39, 0.29) is 16.8 Å². The molecule has 0 amide bonds. The smallest absolute Gasteiger partial charge is 0.270 e. The van der Waals surface area contributed by atoms with Crippen molar-refractivity contribution in [3.05, 3.63) is 33.9 Å². The van der Waals surface area contributed by atoms with Gasteiger partial charge in [-0.1, -0.05) is 0 Å². The van der Waals surface area contributed by atoms with E-state index in [9.17, 15) is 10.1 Å². The van der Waals surface area contributed by atoms with Crippen LogP contribution in [0.4, 0.5) is 11.4 Å². The van der Waals surface area contributed by atoms with Gasteiger partial charge in [0.25, 0.3) is 5.69 Å². The lowest BCUT2D eigenvalue weighted by Crippen LogP contribution is -2.26. The second kappa shape index (κ2) is 4.19. The lowest BCUT2D eigenvalue weighted by molar-refractivity contribution is -0.384. The number of benzene rings is 1. The van der Waals surface area contributed by atoms with Crippen molar-refractivity contribution in [1.82, 2.24) is 0 Å². The van der Waals surface area contributed by atoms with E-state index < -0.39 is 4.92 Å². The number of non-ortho nitro benzene ring substituents is 1. The van der Waals surface area contributed by atoms with Gasteiger partial charge < -0.3 is 5.32 Å². The molecule has 1 rings (SSSR count). The zero-order chi connectivity index (χ0) is 12.3. The predicted molar refractivity (Wildman–Crippen MR) is 61.2 cm³/mol. The van der Waals surface area contributed by atoms with Crippen LogP contribution in [0.5, 0.6) is 0 Å². The minimum atomic E-state index is -0.512. The molecule has 0 radical (unpaired) electrons. The average molecular weight is 219 g/mol. The zero-order valence-electron chi connectivity index (χ0n) is 9.44. The fourth-order valence-electron chi connectivity index (χ4n) is 1.25. The molecule has 0 aliphatic rings. The molecule has 0 bridgehead atoms. The third kappa shape index (κ3) is 2.95. The van der Waals surface area contributed by atoms with Gasteiger partial charge in [-0.2, -0.15) is 5.26 Å². The van der Waals surface area contributed by atoms with Crippen LogP contribution < -0.4 is 5.32 Å². The summed E-state index contributed by atoms with van der Waals surface area (Å²) in [6.07, 6.45) is 0. The van der Waals surface area contributed by atoms with Gasteiger partial charge in [0.1, 0.15) is 6.07 Å². The molecule has 0 aromatic heterocycles. The Balaban J connectivity index is 3.14. The first-order chi connectivity index (χ1) is 7.33. The summed E-state index contributed by atoms with van der Waals surface area (Å²) in [5.74, 6) is 0. The quantitative estimate of drug-likeness (QED) is 0.612. The maximum absolute atomic E-state index is 10.5. The minimum Gasteiger partial charge on any atom is -0.379 e. The Bertz CT molecular complexity index is 455. The molecule has 1 N–H and O–H groups in total. The molecule has 5 heteroatoms. The third-order valence-corrected chi connectivity index (χ3v) is 1.84. The third-order valence-electron chi connectivity index (χ3n) is 1.84. The van der Waals surface area contributed by atoms with Crippen LogP contribution in [-0.4, -0.2) is 10.5 Å². The Labute approximate surface area is 93.9 Å². The molecule has 0 unspecified atom stereocenters. The number of rotatable bonds is 2. The highest BCUT2D eigenvalue weighted by molar-refractivity contribution is 5.62. The molecule has 0 saturated carbocycles. The summed E-state index contributed by atoms with van der Waals surface area (Å²) in [6.45, 7) is 5.86. The lowest BCUT2D eigenvalue weighted by atomic mass is 10.1. The van der Waals surface area contributed by atoms with Crippen LogP contribution in [0.15, 0.2) is 18.2 Å². The SMILES string of the molecule is CC(C)(C)Nc1ccc([N+](=O)[O-])cc1C#N.